The molecule has 3 aromatic rings. The van der Waals surface area contributed by atoms with E-state index in [-0.39, 0.29) is 5.82 Å². The molecule has 1 aromatic heterocycles. The van der Waals surface area contributed by atoms with E-state index in [9.17, 15) is 4.39 Å². The van der Waals surface area contributed by atoms with E-state index < -0.39 is 0 Å². The first-order valence-electron chi connectivity index (χ1n) is 9.01. The van der Waals surface area contributed by atoms with Gasteiger partial charge < -0.3 is 14.2 Å². The number of hydrogen-bond donors (Lipinski definition) is 1. The molecule has 2 aromatic carbocycles. The summed E-state index contributed by atoms with van der Waals surface area (Å²) in [6.07, 6.45) is 1.72. The van der Waals surface area contributed by atoms with Crippen molar-refractivity contribution < 1.29 is 14.0 Å². The number of benzene rings is 2. The largest absolute Gasteiger partial charge is 0.490 e. The summed E-state index contributed by atoms with van der Waals surface area (Å²) < 4.78 is 23.0. The number of rotatable bonds is 8. The average molecular weight is 400 g/mol. The standard InChI is InChI=1S/C21H23FN4OS/c1-4-13-27-19-11-5-16(6-12-19)14-24(2)15-26-21(28)25(3)20(23-26)17-7-9-18(22)10-8-17/h4-12H,1,13-15H2,2-3H3/p+1. The van der Waals surface area contributed by atoms with Crippen LogP contribution >= 0.6 is 12.2 Å². The maximum absolute atomic E-state index is 13.2. The lowest BCUT2D eigenvalue weighted by atomic mass is 10.2. The van der Waals surface area contributed by atoms with Crippen molar-refractivity contribution in [3.8, 4) is 17.1 Å². The second-order valence-corrected chi connectivity index (χ2v) is 7.07. The molecule has 0 aliphatic heterocycles. The fourth-order valence-corrected chi connectivity index (χ4v) is 3.15. The molecule has 0 fully saturated rings. The van der Waals surface area contributed by atoms with Crippen LogP contribution in [0, 0.1) is 10.6 Å². The number of quaternary nitrogens is 1. The zero-order valence-electron chi connectivity index (χ0n) is 16.1. The van der Waals surface area contributed by atoms with E-state index in [2.05, 4.69) is 30.9 Å². The van der Waals surface area contributed by atoms with E-state index in [4.69, 9.17) is 17.0 Å². The molecule has 0 radical (unpaired) electrons. The van der Waals surface area contributed by atoms with Crippen molar-refractivity contribution in [3.63, 3.8) is 0 Å². The summed E-state index contributed by atoms with van der Waals surface area (Å²) in [5.74, 6) is 1.29. The Balaban J connectivity index is 1.69. The van der Waals surface area contributed by atoms with E-state index in [1.807, 2.05) is 28.4 Å². The van der Waals surface area contributed by atoms with Gasteiger partial charge in [0, 0.05) is 18.2 Å². The van der Waals surface area contributed by atoms with E-state index in [0.717, 1.165) is 23.7 Å². The van der Waals surface area contributed by atoms with E-state index in [0.29, 0.717) is 18.0 Å². The van der Waals surface area contributed by atoms with E-state index >= 15 is 0 Å². The van der Waals surface area contributed by atoms with Crippen molar-refractivity contribution in [1.29, 1.82) is 0 Å². The quantitative estimate of drug-likeness (QED) is 0.467. The number of aromatic nitrogens is 3. The molecule has 0 aliphatic carbocycles. The van der Waals surface area contributed by atoms with Crippen LogP contribution in [0.15, 0.2) is 61.2 Å². The highest BCUT2D eigenvalue weighted by atomic mass is 32.1. The van der Waals surface area contributed by atoms with Crippen molar-refractivity contribution in [2.45, 2.75) is 13.2 Å². The Bertz CT molecular complexity index is 993. The first kappa shape index (κ1) is 20.0. The van der Waals surface area contributed by atoms with Crippen LogP contribution in [0.4, 0.5) is 4.39 Å². The summed E-state index contributed by atoms with van der Waals surface area (Å²) in [4.78, 5) is 1.24. The minimum atomic E-state index is -0.269. The van der Waals surface area contributed by atoms with Crippen LogP contribution in [0.3, 0.4) is 0 Å². The Morgan fingerprint density at radius 2 is 1.86 bits per heavy atom. The SMILES string of the molecule is C=CCOc1ccc(C[NH+](C)Cn2nc(-c3ccc(F)cc3)n(C)c2=S)cc1. The predicted octanol–water partition coefficient (Wildman–Crippen LogP) is 2.99. The Morgan fingerprint density at radius 3 is 2.50 bits per heavy atom. The Hall–Kier alpha value is -2.77. The molecule has 7 heteroatoms. The lowest BCUT2D eigenvalue weighted by molar-refractivity contribution is -0.917. The smallest absolute Gasteiger partial charge is 0.202 e. The molecule has 5 nitrogen and oxygen atoms in total. The zero-order chi connectivity index (χ0) is 20.1. The Morgan fingerprint density at radius 1 is 1.18 bits per heavy atom. The maximum Gasteiger partial charge on any atom is 0.202 e. The molecule has 0 spiro atoms. The van der Waals surface area contributed by atoms with Crippen molar-refractivity contribution in [1.82, 2.24) is 14.3 Å². The highest BCUT2D eigenvalue weighted by Crippen LogP contribution is 2.17. The van der Waals surface area contributed by atoms with Crippen molar-refractivity contribution in [2.75, 3.05) is 13.7 Å². The number of nitrogens with zero attached hydrogens (tertiary/aromatic N) is 3. The molecule has 146 valence electrons. The molecule has 1 atom stereocenters. The Kier molecular flexibility index (Phi) is 6.38. The van der Waals surface area contributed by atoms with Gasteiger partial charge in [-0.25, -0.2) is 4.39 Å². The molecule has 0 aliphatic rings. The van der Waals surface area contributed by atoms with Crippen molar-refractivity contribution in [2.24, 2.45) is 7.05 Å². The Labute approximate surface area is 169 Å². The minimum Gasteiger partial charge on any atom is -0.490 e. The molecule has 0 saturated heterocycles. The normalized spacial score (nSPS) is 12.0. The van der Waals surface area contributed by atoms with E-state index in [1.165, 1.54) is 22.6 Å². The number of ether oxygens (including phenoxy) is 1. The molecule has 0 bridgehead atoms. The van der Waals surface area contributed by atoms with Gasteiger partial charge in [0.25, 0.3) is 0 Å². The highest BCUT2D eigenvalue weighted by Gasteiger charge is 2.13. The summed E-state index contributed by atoms with van der Waals surface area (Å²) in [6, 6.07) is 14.3. The van der Waals surface area contributed by atoms with Crippen LogP contribution in [0.2, 0.25) is 0 Å². The fraction of sp³-hybridized carbons (Fsp3) is 0.238. The zero-order valence-corrected chi connectivity index (χ0v) is 16.9. The monoisotopic (exact) mass is 399 g/mol. The lowest BCUT2D eigenvalue weighted by Crippen LogP contribution is -3.07. The van der Waals surface area contributed by atoms with Gasteiger partial charge in [0.05, 0.1) is 7.05 Å². The average Bonchev–Trinajstić information content (AvgIpc) is 2.96. The topological polar surface area (TPSA) is 36.4 Å². The molecule has 1 unspecified atom stereocenters. The van der Waals surface area contributed by atoms with Gasteiger partial charge in [-0.2, -0.15) is 4.68 Å². The molecule has 28 heavy (non-hydrogen) atoms. The lowest BCUT2D eigenvalue weighted by Gasteiger charge is -2.14. The molecule has 0 amide bonds. The molecule has 1 heterocycles. The van der Waals surface area contributed by atoms with Crippen LogP contribution in [0.1, 0.15) is 5.56 Å². The molecular weight excluding hydrogens is 375 g/mol. The van der Waals surface area contributed by atoms with Gasteiger partial charge in [-0.15, -0.1) is 5.10 Å². The molecule has 1 N–H and O–H groups in total. The molecule has 0 saturated carbocycles. The number of hydrogen-bond acceptors (Lipinski definition) is 3. The second-order valence-electron chi connectivity index (χ2n) is 6.71. The molecule has 3 rings (SSSR count). The number of halogens is 1. The van der Waals surface area contributed by atoms with Gasteiger partial charge in [0.15, 0.2) is 12.5 Å². The van der Waals surface area contributed by atoms with Crippen LogP contribution in [-0.4, -0.2) is 28.0 Å². The van der Waals surface area contributed by atoms with Gasteiger partial charge in [0.1, 0.15) is 24.7 Å². The third-order valence-electron chi connectivity index (χ3n) is 4.36. The summed E-state index contributed by atoms with van der Waals surface area (Å²) >= 11 is 5.53. The van der Waals surface area contributed by atoms with Gasteiger partial charge in [-0.1, -0.05) is 12.7 Å². The summed E-state index contributed by atoms with van der Waals surface area (Å²) in [5.41, 5.74) is 2.03. The van der Waals surface area contributed by atoms with Crippen LogP contribution in [-0.2, 0) is 20.3 Å². The summed E-state index contributed by atoms with van der Waals surface area (Å²) in [5, 5.41) is 4.64. The van der Waals surface area contributed by atoms with Crippen molar-refractivity contribution in [3.05, 3.63) is 77.3 Å². The first-order valence-corrected chi connectivity index (χ1v) is 9.42. The minimum absolute atomic E-state index is 0.269. The first-order chi connectivity index (χ1) is 13.5. The van der Waals surface area contributed by atoms with Crippen molar-refractivity contribution >= 4 is 12.2 Å². The van der Waals surface area contributed by atoms with Crippen LogP contribution in [0.5, 0.6) is 5.75 Å². The van der Waals surface area contributed by atoms with E-state index in [1.54, 1.807) is 18.2 Å². The van der Waals surface area contributed by atoms with Gasteiger partial charge in [-0.3, -0.25) is 0 Å². The molecular formula is C21H24FN4OS+. The van der Waals surface area contributed by atoms with Gasteiger partial charge in [0.2, 0.25) is 4.77 Å². The predicted molar refractivity (Wildman–Crippen MR) is 110 cm³/mol. The number of nitrogens with one attached hydrogen (secondary N) is 1. The second kappa shape index (κ2) is 8.95. The van der Waals surface area contributed by atoms with Gasteiger partial charge in [-0.05, 0) is 60.7 Å². The highest BCUT2D eigenvalue weighted by molar-refractivity contribution is 7.71. The third kappa shape index (κ3) is 4.74. The summed E-state index contributed by atoms with van der Waals surface area (Å²) in [6.45, 7) is 5.60. The summed E-state index contributed by atoms with van der Waals surface area (Å²) in [7, 11) is 3.97. The van der Waals surface area contributed by atoms with Gasteiger partial charge >= 0.3 is 0 Å². The maximum atomic E-state index is 13.2. The third-order valence-corrected chi connectivity index (χ3v) is 4.84. The fourth-order valence-electron chi connectivity index (χ4n) is 2.96. The van der Waals surface area contributed by atoms with Crippen LogP contribution < -0.4 is 9.64 Å². The van der Waals surface area contributed by atoms with Crippen LogP contribution in [0.25, 0.3) is 11.4 Å².